The average Bonchev–Trinajstić information content (AvgIpc) is 2.48. The van der Waals surface area contributed by atoms with Gasteiger partial charge in [0.2, 0.25) is 0 Å². The number of halogens is 1. The number of nitrogens with zero attached hydrogens (tertiary/aromatic N) is 1. The SMILES string of the molecule is O=C(Nc1cccc2c(O)cccc12)c1cc(Cl)ccn1. The molecule has 3 rings (SSSR count). The molecule has 5 heteroatoms. The third-order valence-electron chi connectivity index (χ3n) is 3.10. The van der Waals surface area contributed by atoms with Crippen LogP contribution in [0.4, 0.5) is 5.69 Å². The molecule has 104 valence electrons. The lowest BCUT2D eigenvalue weighted by molar-refractivity contribution is 0.102. The minimum absolute atomic E-state index is 0.171. The van der Waals surface area contributed by atoms with Crippen LogP contribution in [0.15, 0.2) is 54.7 Å². The molecule has 1 amide bonds. The molecule has 0 bridgehead atoms. The number of fused-ring (bicyclic) bond motifs is 1. The van der Waals surface area contributed by atoms with E-state index in [1.807, 2.05) is 6.07 Å². The molecule has 2 N–H and O–H groups in total. The van der Waals surface area contributed by atoms with E-state index in [0.29, 0.717) is 16.1 Å². The second-order valence-corrected chi connectivity index (χ2v) is 4.93. The third-order valence-corrected chi connectivity index (χ3v) is 3.34. The molecule has 2 aromatic carbocycles. The van der Waals surface area contributed by atoms with Gasteiger partial charge in [-0.25, -0.2) is 0 Å². The van der Waals surface area contributed by atoms with Crippen molar-refractivity contribution in [3.05, 3.63) is 65.4 Å². The highest BCUT2D eigenvalue weighted by Gasteiger charge is 2.11. The Hall–Kier alpha value is -2.59. The smallest absolute Gasteiger partial charge is 0.274 e. The number of aromatic hydroxyl groups is 1. The standard InChI is InChI=1S/C16H11ClN2O2/c17-10-7-8-18-14(9-10)16(21)19-13-5-1-4-12-11(13)3-2-6-15(12)20/h1-9,20H,(H,19,21). The molecular weight excluding hydrogens is 288 g/mol. The fraction of sp³-hybridized carbons (Fsp3) is 0. The van der Waals surface area contributed by atoms with Crippen molar-refractivity contribution in [2.45, 2.75) is 0 Å². The highest BCUT2D eigenvalue weighted by molar-refractivity contribution is 6.31. The van der Waals surface area contributed by atoms with E-state index in [9.17, 15) is 9.90 Å². The Kier molecular flexibility index (Phi) is 3.46. The number of aromatic nitrogens is 1. The minimum Gasteiger partial charge on any atom is -0.507 e. The Morgan fingerprint density at radius 3 is 2.67 bits per heavy atom. The number of benzene rings is 2. The molecule has 3 aromatic rings. The largest absolute Gasteiger partial charge is 0.507 e. The van der Waals surface area contributed by atoms with Gasteiger partial charge in [-0.05, 0) is 24.3 Å². The number of pyridine rings is 1. The lowest BCUT2D eigenvalue weighted by Crippen LogP contribution is -2.13. The number of carbonyl (C=O) groups excluding carboxylic acids is 1. The molecule has 1 aromatic heterocycles. The fourth-order valence-electron chi connectivity index (χ4n) is 2.12. The van der Waals surface area contributed by atoms with Crippen LogP contribution in [0.3, 0.4) is 0 Å². The molecule has 0 spiro atoms. The summed E-state index contributed by atoms with van der Waals surface area (Å²) in [6, 6.07) is 13.6. The monoisotopic (exact) mass is 298 g/mol. The van der Waals surface area contributed by atoms with E-state index >= 15 is 0 Å². The molecule has 1 heterocycles. The summed E-state index contributed by atoms with van der Waals surface area (Å²) in [5.41, 5.74) is 0.842. The van der Waals surface area contributed by atoms with Crippen LogP contribution in [0.5, 0.6) is 5.75 Å². The zero-order valence-electron chi connectivity index (χ0n) is 10.9. The number of anilines is 1. The maximum Gasteiger partial charge on any atom is 0.274 e. The van der Waals surface area contributed by atoms with E-state index in [-0.39, 0.29) is 17.4 Å². The number of rotatable bonds is 2. The first-order valence-electron chi connectivity index (χ1n) is 6.29. The topological polar surface area (TPSA) is 62.2 Å². The summed E-state index contributed by atoms with van der Waals surface area (Å²) >= 11 is 5.85. The minimum atomic E-state index is -0.353. The Bertz CT molecular complexity index is 833. The molecule has 0 aliphatic rings. The molecule has 0 radical (unpaired) electrons. The predicted octanol–water partition coefficient (Wildman–Crippen LogP) is 3.85. The van der Waals surface area contributed by atoms with Gasteiger partial charge in [0.25, 0.3) is 5.91 Å². The highest BCUT2D eigenvalue weighted by Crippen LogP contribution is 2.30. The number of amides is 1. The molecule has 0 aliphatic heterocycles. The van der Waals surface area contributed by atoms with Crippen molar-refractivity contribution in [2.24, 2.45) is 0 Å². The van der Waals surface area contributed by atoms with E-state index in [1.165, 1.54) is 12.3 Å². The number of hydrogen-bond acceptors (Lipinski definition) is 3. The first-order valence-corrected chi connectivity index (χ1v) is 6.66. The summed E-state index contributed by atoms with van der Waals surface area (Å²) in [6.45, 7) is 0. The molecule has 0 saturated heterocycles. The molecule has 0 atom stereocenters. The Labute approximate surface area is 126 Å². The van der Waals surface area contributed by atoms with Crippen LogP contribution in [0.2, 0.25) is 5.02 Å². The van der Waals surface area contributed by atoms with E-state index in [0.717, 1.165) is 5.39 Å². The predicted molar refractivity (Wildman–Crippen MR) is 82.8 cm³/mol. The number of hydrogen-bond donors (Lipinski definition) is 2. The van der Waals surface area contributed by atoms with Gasteiger partial charge in [-0.15, -0.1) is 0 Å². The van der Waals surface area contributed by atoms with Gasteiger partial charge in [0.05, 0.1) is 0 Å². The summed E-state index contributed by atoms with van der Waals surface area (Å²) < 4.78 is 0. The van der Waals surface area contributed by atoms with Crippen molar-refractivity contribution < 1.29 is 9.90 Å². The number of nitrogens with one attached hydrogen (secondary N) is 1. The highest BCUT2D eigenvalue weighted by atomic mass is 35.5. The van der Waals surface area contributed by atoms with Crippen molar-refractivity contribution >= 4 is 34.0 Å². The first-order chi connectivity index (χ1) is 10.1. The summed E-state index contributed by atoms with van der Waals surface area (Å²) in [7, 11) is 0. The van der Waals surface area contributed by atoms with Crippen LogP contribution in [0.1, 0.15) is 10.5 Å². The summed E-state index contributed by atoms with van der Waals surface area (Å²) in [5.74, 6) is -0.183. The van der Waals surface area contributed by atoms with Gasteiger partial charge in [-0.2, -0.15) is 0 Å². The Morgan fingerprint density at radius 2 is 1.86 bits per heavy atom. The van der Waals surface area contributed by atoms with Crippen LogP contribution < -0.4 is 5.32 Å². The lowest BCUT2D eigenvalue weighted by atomic mass is 10.1. The van der Waals surface area contributed by atoms with Crippen LogP contribution in [0, 0.1) is 0 Å². The average molecular weight is 299 g/mol. The van der Waals surface area contributed by atoms with Crippen molar-refractivity contribution in [1.82, 2.24) is 4.98 Å². The first kappa shape index (κ1) is 13.4. The van der Waals surface area contributed by atoms with Crippen LogP contribution >= 0.6 is 11.6 Å². The second-order valence-electron chi connectivity index (χ2n) is 4.49. The van der Waals surface area contributed by atoms with Gasteiger partial charge < -0.3 is 10.4 Å². The summed E-state index contributed by atoms with van der Waals surface area (Å²) in [5, 5.41) is 14.5. The number of phenolic OH excluding ortho intramolecular Hbond substituents is 1. The lowest BCUT2D eigenvalue weighted by Gasteiger charge is -2.09. The van der Waals surface area contributed by atoms with Crippen LogP contribution in [-0.2, 0) is 0 Å². The Morgan fingerprint density at radius 1 is 1.10 bits per heavy atom. The summed E-state index contributed by atoms with van der Waals surface area (Å²) in [6.07, 6.45) is 1.48. The van der Waals surface area contributed by atoms with Crippen molar-refractivity contribution in [3.8, 4) is 5.75 Å². The second kappa shape index (κ2) is 5.42. The zero-order valence-corrected chi connectivity index (χ0v) is 11.6. The van der Waals surface area contributed by atoms with Crippen molar-refractivity contribution in [1.29, 1.82) is 0 Å². The zero-order chi connectivity index (χ0) is 14.8. The maximum absolute atomic E-state index is 12.2. The third kappa shape index (κ3) is 2.66. The maximum atomic E-state index is 12.2. The normalized spacial score (nSPS) is 10.5. The van der Waals surface area contributed by atoms with Crippen LogP contribution in [0.25, 0.3) is 10.8 Å². The fourth-order valence-corrected chi connectivity index (χ4v) is 2.28. The van der Waals surface area contributed by atoms with E-state index < -0.39 is 0 Å². The van der Waals surface area contributed by atoms with Gasteiger partial charge >= 0.3 is 0 Å². The van der Waals surface area contributed by atoms with Gasteiger partial charge in [0, 0.05) is 27.7 Å². The van der Waals surface area contributed by atoms with Gasteiger partial charge in [-0.1, -0.05) is 35.9 Å². The van der Waals surface area contributed by atoms with Crippen molar-refractivity contribution in [3.63, 3.8) is 0 Å². The molecule has 21 heavy (non-hydrogen) atoms. The molecular formula is C16H11ClN2O2. The number of carbonyl (C=O) groups is 1. The number of phenols is 1. The molecule has 0 fully saturated rings. The van der Waals surface area contributed by atoms with Crippen LogP contribution in [-0.4, -0.2) is 16.0 Å². The molecule has 0 saturated carbocycles. The van der Waals surface area contributed by atoms with E-state index in [2.05, 4.69) is 10.3 Å². The quantitative estimate of drug-likeness (QED) is 0.755. The van der Waals surface area contributed by atoms with Gasteiger partial charge in [0.1, 0.15) is 11.4 Å². The van der Waals surface area contributed by atoms with Gasteiger partial charge in [0.15, 0.2) is 0 Å². The van der Waals surface area contributed by atoms with Gasteiger partial charge in [-0.3, -0.25) is 9.78 Å². The molecule has 0 unspecified atom stereocenters. The molecule has 0 aliphatic carbocycles. The Balaban J connectivity index is 1.99. The van der Waals surface area contributed by atoms with E-state index in [1.54, 1.807) is 36.4 Å². The summed E-state index contributed by atoms with van der Waals surface area (Å²) in [4.78, 5) is 16.2. The molecule has 4 nitrogen and oxygen atoms in total. The van der Waals surface area contributed by atoms with E-state index in [4.69, 9.17) is 11.6 Å². The van der Waals surface area contributed by atoms with Crippen molar-refractivity contribution in [2.75, 3.05) is 5.32 Å².